The van der Waals surface area contributed by atoms with Crippen molar-refractivity contribution in [2.75, 3.05) is 50.7 Å². The quantitative estimate of drug-likeness (QED) is 0.824. The van der Waals surface area contributed by atoms with Crippen LogP contribution in [-0.4, -0.2) is 66.5 Å². The van der Waals surface area contributed by atoms with Gasteiger partial charge in [0.15, 0.2) is 5.13 Å². The van der Waals surface area contributed by atoms with Gasteiger partial charge in [-0.3, -0.25) is 9.69 Å². The number of aryl methyl sites for hydroxylation is 1. The molecule has 1 amide bonds. The molecule has 0 spiro atoms. The van der Waals surface area contributed by atoms with Gasteiger partial charge in [0.2, 0.25) is 5.91 Å². The molecule has 1 fully saturated rings. The molecule has 0 bridgehead atoms. The maximum Gasteiger partial charge on any atom is 0.236 e. The van der Waals surface area contributed by atoms with E-state index in [0.717, 1.165) is 44.4 Å². The highest BCUT2D eigenvalue weighted by atomic mass is 32.1. The molecule has 1 aliphatic rings. The van der Waals surface area contributed by atoms with Crippen LogP contribution in [0.3, 0.4) is 0 Å². The van der Waals surface area contributed by atoms with Gasteiger partial charge in [0.25, 0.3) is 0 Å². The number of carbonyl (C=O) groups is 1. The predicted octanol–water partition coefficient (Wildman–Crippen LogP) is 1.44. The molecule has 2 heterocycles. The Labute approximate surface area is 125 Å². The summed E-state index contributed by atoms with van der Waals surface area (Å²) < 4.78 is 0. The van der Waals surface area contributed by atoms with E-state index in [9.17, 15) is 4.79 Å². The van der Waals surface area contributed by atoms with Crippen LogP contribution in [0.2, 0.25) is 0 Å². The molecule has 6 heteroatoms. The van der Waals surface area contributed by atoms with Crippen molar-refractivity contribution < 1.29 is 4.79 Å². The summed E-state index contributed by atoms with van der Waals surface area (Å²) in [5.74, 6) is 0.244. The van der Waals surface area contributed by atoms with E-state index in [1.165, 1.54) is 4.88 Å². The average Bonchev–Trinajstić information content (AvgIpc) is 2.87. The number of hydrogen-bond donors (Lipinski definition) is 0. The molecule has 20 heavy (non-hydrogen) atoms. The summed E-state index contributed by atoms with van der Waals surface area (Å²) in [7, 11) is 0. The zero-order chi connectivity index (χ0) is 14.5. The summed E-state index contributed by atoms with van der Waals surface area (Å²) in [6.45, 7) is 12.1. The Morgan fingerprint density at radius 1 is 1.30 bits per heavy atom. The molecule has 2 rings (SSSR count). The topological polar surface area (TPSA) is 39.7 Å². The lowest BCUT2D eigenvalue weighted by atomic mass is 10.3. The van der Waals surface area contributed by atoms with E-state index < -0.39 is 0 Å². The molecule has 0 aromatic carbocycles. The van der Waals surface area contributed by atoms with Crippen LogP contribution in [0.1, 0.15) is 18.7 Å². The molecule has 1 aromatic heterocycles. The molecule has 0 aliphatic carbocycles. The van der Waals surface area contributed by atoms with Crippen molar-refractivity contribution in [1.82, 2.24) is 14.8 Å². The fourth-order valence-electron chi connectivity index (χ4n) is 2.45. The molecule has 0 radical (unpaired) electrons. The molecule has 1 aromatic rings. The third kappa shape index (κ3) is 3.70. The van der Waals surface area contributed by atoms with Gasteiger partial charge in [-0.15, -0.1) is 11.3 Å². The van der Waals surface area contributed by atoms with Gasteiger partial charge in [-0.1, -0.05) is 0 Å². The van der Waals surface area contributed by atoms with Gasteiger partial charge in [0, 0.05) is 50.3 Å². The van der Waals surface area contributed by atoms with Crippen molar-refractivity contribution in [3.05, 3.63) is 11.1 Å². The van der Waals surface area contributed by atoms with E-state index >= 15 is 0 Å². The monoisotopic (exact) mass is 296 g/mol. The zero-order valence-electron chi connectivity index (χ0n) is 12.6. The molecule has 5 nitrogen and oxygen atoms in total. The first kappa shape index (κ1) is 15.3. The van der Waals surface area contributed by atoms with Gasteiger partial charge in [-0.2, -0.15) is 0 Å². The minimum Gasteiger partial charge on any atom is -0.346 e. The van der Waals surface area contributed by atoms with Crippen LogP contribution in [0, 0.1) is 6.92 Å². The number of likely N-dealkylation sites (N-methyl/N-ethyl adjacent to an activating group) is 1. The van der Waals surface area contributed by atoms with Crippen molar-refractivity contribution in [3.63, 3.8) is 0 Å². The highest BCUT2D eigenvalue weighted by Crippen LogP contribution is 2.22. The van der Waals surface area contributed by atoms with Gasteiger partial charge in [0.05, 0.1) is 6.54 Å². The second-order valence-corrected chi connectivity index (χ2v) is 6.30. The van der Waals surface area contributed by atoms with Crippen LogP contribution < -0.4 is 4.90 Å². The van der Waals surface area contributed by atoms with Crippen LogP contribution in [0.25, 0.3) is 0 Å². The molecule has 0 N–H and O–H groups in total. The van der Waals surface area contributed by atoms with Crippen molar-refractivity contribution in [1.29, 1.82) is 0 Å². The first-order chi connectivity index (χ1) is 9.63. The largest absolute Gasteiger partial charge is 0.346 e. The number of thiazole rings is 1. The lowest BCUT2D eigenvalue weighted by molar-refractivity contribution is -0.132. The molecule has 0 atom stereocenters. The van der Waals surface area contributed by atoms with Crippen molar-refractivity contribution >= 4 is 22.4 Å². The Morgan fingerprint density at radius 2 is 1.95 bits per heavy atom. The summed E-state index contributed by atoms with van der Waals surface area (Å²) in [6, 6.07) is 0. The first-order valence-electron chi connectivity index (χ1n) is 7.31. The highest BCUT2D eigenvalue weighted by molar-refractivity contribution is 7.15. The van der Waals surface area contributed by atoms with Gasteiger partial charge in [-0.05, 0) is 20.8 Å². The maximum absolute atomic E-state index is 12.1. The number of anilines is 1. The molecule has 0 saturated carbocycles. The van der Waals surface area contributed by atoms with Crippen LogP contribution in [-0.2, 0) is 4.79 Å². The smallest absolute Gasteiger partial charge is 0.236 e. The molecule has 0 unspecified atom stereocenters. The van der Waals surface area contributed by atoms with E-state index in [1.807, 2.05) is 24.9 Å². The summed E-state index contributed by atoms with van der Waals surface area (Å²) in [4.78, 5) is 24.2. The standard InChI is InChI=1S/C14H24N4OS/c1-4-17(5-2)13(19)11-16-6-8-18(9-7-16)14-15-10-12(3)20-14/h10H,4-9,11H2,1-3H3. The minimum absolute atomic E-state index is 0.244. The van der Waals surface area contributed by atoms with Crippen LogP contribution >= 0.6 is 11.3 Å². The van der Waals surface area contributed by atoms with E-state index in [0.29, 0.717) is 6.54 Å². The van der Waals surface area contributed by atoms with E-state index in [4.69, 9.17) is 0 Å². The highest BCUT2D eigenvalue weighted by Gasteiger charge is 2.22. The second-order valence-electron chi connectivity index (χ2n) is 5.08. The number of hydrogen-bond acceptors (Lipinski definition) is 5. The zero-order valence-corrected chi connectivity index (χ0v) is 13.4. The maximum atomic E-state index is 12.1. The summed E-state index contributed by atoms with van der Waals surface area (Å²) in [5.41, 5.74) is 0. The number of carbonyl (C=O) groups excluding carboxylic acids is 1. The van der Waals surface area contributed by atoms with Crippen molar-refractivity contribution in [3.8, 4) is 0 Å². The number of amides is 1. The van der Waals surface area contributed by atoms with Crippen LogP contribution in [0.15, 0.2) is 6.20 Å². The van der Waals surface area contributed by atoms with Crippen LogP contribution in [0.5, 0.6) is 0 Å². The van der Waals surface area contributed by atoms with Crippen LogP contribution in [0.4, 0.5) is 5.13 Å². The van der Waals surface area contributed by atoms with E-state index in [-0.39, 0.29) is 5.91 Å². The molecule has 112 valence electrons. The summed E-state index contributed by atoms with van der Waals surface area (Å²) in [5, 5.41) is 1.11. The van der Waals surface area contributed by atoms with E-state index in [2.05, 4.69) is 21.7 Å². The molecule has 1 aliphatic heterocycles. The molecule has 1 saturated heterocycles. The Morgan fingerprint density at radius 3 is 2.45 bits per heavy atom. The summed E-state index contributed by atoms with van der Waals surface area (Å²) in [6.07, 6.45) is 1.93. The van der Waals surface area contributed by atoms with Gasteiger partial charge in [0.1, 0.15) is 0 Å². The van der Waals surface area contributed by atoms with Gasteiger partial charge in [-0.25, -0.2) is 4.98 Å². The lowest BCUT2D eigenvalue weighted by Gasteiger charge is -2.35. The van der Waals surface area contributed by atoms with Crippen molar-refractivity contribution in [2.45, 2.75) is 20.8 Å². The Kier molecular flexibility index (Phi) is 5.37. The Balaban J connectivity index is 1.81. The normalized spacial score (nSPS) is 16.4. The van der Waals surface area contributed by atoms with E-state index in [1.54, 1.807) is 11.3 Å². The first-order valence-corrected chi connectivity index (χ1v) is 8.13. The number of nitrogens with zero attached hydrogens (tertiary/aromatic N) is 4. The SMILES string of the molecule is CCN(CC)C(=O)CN1CCN(c2ncc(C)s2)CC1. The average molecular weight is 296 g/mol. The van der Waals surface area contributed by atoms with Crippen molar-refractivity contribution in [2.24, 2.45) is 0 Å². The second kappa shape index (κ2) is 7.04. The number of piperazine rings is 1. The Hall–Kier alpha value is -1.14. The minimum atomic E-state index is 0.244. The Bertz CT molecular complexity index is 436. The van der Waals surface area contributed by atoms with Gasteiger partial charge < -0.3 is 9.80 Å². The number of aromatic nitrogens is 1. The fourth-order valence-corrected chi connectivity index (χ4v) is 3.26. The lowest BCUT2D eigenvalue weighted by Crippen LogP contribution is -2.50. The molecular weight excluding hydrogens is 272 g/mol. The van der Waals surface area contributed by atoms with Gasteiger partial charge >= 0.3 is 0 Å². The summed E-state index contributed by atoms with van der Waals surface area (Å²) >= 11 is 1.74. The fraction of sp³-hybridized carbons (Fsp3) is 0.714. The third-order valence-electron chi connectivity index (χ3n) is 3.73. The third-order valence-corrected chi connectivity index (χ3v) is 4.70. The molecular formula is C14H24N4OS. The predicted molar refractivity (Wildman–Crippen MR) is 83.4 cm³/mol. The number of rotatable bonds is 5.